The molecular weight excluding hydrogens is 280 g/mol. The van der Waals surface area contributed by atoms with Gasteiger partial charge in [-0.05, 0) is 42.3 Å². The third-order valence-electron chi connectivity index (χ3n) is 4.75. The first-order chi connectivity index (χ1) is 11.1. The molecule has 2 heterocycles. The van der Waals surface area contributed by atoms with Gasteiger partial charge < -0.3 is 4.98 Å². The quantitative estimate of drug-likeness (QED) is 0.642. The summed E-state index contributed by atoms with van der Waals surface area (Å²) < 4.78 is 0. The maximum atomic E-state index is 4.82. The molecule has 2 heteroatoms. The zero-order chi connectivity index (χ0) is 16.0. The van der Waals surface area contributed by atoms with E-state index in [2.05, 4.69) is 80.5 Å². The van der Waals surface area contributed by atoms with Crippen LogP contribution in [0.1, 0.15) is 30.5 Å². The summed E-state index contributed by atoms with van der Waals surface area (Å²) in [5.41, 5.74) is 7.11. The summed E-state index contributed by atoms with van der Waals surface area (Å²) in [7, 11) is 0. The Balaban J connectivity index is 1.73. The molecule has 1 N–H and O–H groups in total. The number of hydrogen-bond donors (Lipinski definition) is 1. The highest BCUT2D eigenvalue weighted by Crippen LogP contribution is 2.40. The predicted octanol–water partition coefficient (Wildman–Crippen LogP) is 5.55. The Hall–Kier alpha value is -2.61. The van der Waals surface area contributed by atoms with Crippen LogP contribution in [0.5, 0.6) is 0 Å². The molecule has 0 radical (unpaired) electrons. The van der Waals surface area contributed by atoms with Gasteiger partial charge in [-0.3, -0.25) is 4.99 Å². The number of rotatable bonds is 2. The number of aromatic nitrogens is 1. The van der Waals surface area contributed by atoms with E-state index in [9.17, 15) is 0 Å². The first-order valence-electron chi connectivity index (χ1n) is 8.00. The van der Waals surface area contributed by atoms with Crippen molar-refractivity contribution < 1.29 is 0 Å². The summed E-state index contributed by atoms with van der Waals surface area (Å²) >= 11 is 0. The lowest BCUT2D eigenvalue weighted by molar-refractivity contribution is 0.740. The van der Waals surface area contributed by atoms with Crippen molar-refractivity contribution in [2.75, 3.05) is 0 Å². The molecule has 0 unspecified atom stereocenters. The van der Waals surface area contributed by atoms with Crippen molar-refractivity contribution in [2.24, 2.45) is 4.99 Å². The lowest BCUT2D eigenvalue weighted by Crippen LogP contribution is -2.23. The number of nitrogens with one attached hydrogen (secondary N) is 1. The standard InChI is InChI=1S/C21H20N2/c1-14-8-10-18-16(12-14)15(13-22-18)9-11-20-21(2,3)17-6-4-5-7-19(17)23-20/h4-13,22H,1-3H3/b11-9+. The molecule has 1 aliphatic heterocycles. The Bertz CT molecular complexity index is 955. The fourth-order valence-corrected chi connectivity index (χ4v) is 3.32. The molecule has 2 nitrogen and oxygen atoms in total. The molecule has 3 aromatic rings. The van der Waals surface area contributed by atoms with Crippen molar-refractivity contribution >= 4 is 28.4 Å². The van der Waals surface area contributed by atoms with E-state index in [0.29, 0.717) is 0 Å². The van der Waals surface area contributed by atoms with E-state index in [0.717, 1.165) is 11.4 Å². The van der Waals surface area contributed by atoms with E-state index in [-0.39, 0.29) is 5.41 Å². The fraction of sp³-hybridized carbons (Fsp3) is 0.190. The maximum Gasteiger partial charge on any atom is 0.0674 e. The largest absolute Gasteiger partial charge is 0.361 e. The number of fused-ring (bicyclic) bond motifs is 2. The van der Waals surface area contributed by atoms with Crippen molar-refractivity contribution in [1.29, 1.82) is 0 Å². The first kappa shape index (κ1) is 14.0. The van der Waals surface area contributed by atoms with Gasteiger partial charge in [0.25, 0.3) is 0 Å². The van der Waals surface area contributed by atoms with E-state index in [1.807, 2.05) is 6.07 Å². The van der Waals surface area contributed by atoms with Gasteiger partial charge in [-0.1, -0.05) is 49.8 Å². The molecule has 1 aliphatic rings. The minimum atomic E-state index is -0.0465. The third kappa shape index (κ3) is 2.22. The van der Waals surface area contributed by atoms with E-state index < -0.39 is 0 Å². The molecule has 0 aliphatic carbocycles. The summed E-state index contributed by atoms with van der Waals surface area (Å²) in [6, 6.07) is 14.9. The maximum absolute atomic E-state index is 4.82. The number of aryl methyl sites for hydroxylation is 1. The van der Waals surface area contributed by atoms with Crippen molar-refractivity contribution in [3.05, 3.63) is 71.4 Å². The summed E-state index contributed by atoms with van der Waals surface area (Å²) in [5, 5.41) is 1.26. The number of H-pyrrole nitrogens is 1. The number of allylic oxidation sites excluding steroid dienone is 1. The second-order valence-corrected chi connectivity index (χ2v) is 6.77. The van der Waals surface area contributed by atoms with Gasteiger partial charge in [0, 0.05) is 22.5 Å². The molecule has 1 aromatic heterocycles. The van der Waals surface area contributed by atoms with Gasteiger partial charge in [0.2, 0.25) is 0 Å². The number of benzene rings is 2. The van der Waals surface area contributed by atoms with Gasteiger partial charge >= 0.3 is 0 Å². The van der Waals surface area contributed by atoms with Crippen LogP contribution in [-0.2, 0) is 5.41 Å². The molecule has 4 rings (SSSR count). The molecule has 0 amide bonds. The zero-order valence-electron chi connectivity index (χ0n) is 13.7. The molecule has 23 heavy (non-hydrogen) atoms. The van der Waals surface area contributed by atoms with E-state index in [1.165, 1.54) is 27.6 Å². The van der Waals surface area contributed by atoms with E-state index >= 15 is 0 Å². The van der Waals surface area contributed by atoms with E-state index in [4.69, 9.17) is 4.99 Å². The molecule has 0 bridgehead atoms. The highest BCUT2D eigenvalue weighted by Gasteiger charge is 2.32. The monoisotopic (exact) mass is 300 g/mol. The van der Waals surface area contributed by atoms with Gasteiger partial charge in [-0.25, -0.2) is 0 Å². The zero-order valence-corrected chi connectivity index (χ0v) is 13.7. The Morgan fingerprint density at radius 1 is 1.04 bits per heavy atom. The van der Waals surface area contributed by atoms with Crippen LogP contribution in [0, 0.1) is 6.92 Å². The minimum Gasteiger partial charge on any atom is -0.361 e. The van der Waals surface area contributed by atoms with Crippen LogP contribution in [0.2, 0.25) is 0 Å². The van der Waals surface area contributed by atoms with Crippen LogP contribution in [0.3, 0.4) is 0 Å². The summed E-state index contributed by atoms with van der Waals surface area (Å²) in [5.74, 6) is 0. The number of hydrogen-bond acceptors (Lipinski definition) is 1. The van der Waals surface area contributed by atoms with Gasteiger partial charge in [-0.2, -0.15) is 0 Å². The van der Waals surface area contributed by atoms with Gasteiger partial charge in [0.15, 0.2) is 0 Å². The topological polar surface area (TPSA) is 28.1 Å². The summed E-state index contributed by atoms with van der Waals surface area (Å²) in [6.45, 7) is 6.60. The molecular formula is C21H20N2. The highest BCUT2D eigenvalue weighted by atomic mass is 14.8. The second kappa shape index (κ2) is 4.95. The van der Waals surface area contributed by atoms with Crippen molar-refractivity contribution in [2.45, 2.75) is 26.2 Å². The van der Waals surface area contributed by atoms with Crippen LogP contribution in [0.25, 0.3) is 17.0 Å². The Kier molecular flexibility index (Phi) is 3.02. The molecule has 0 spiro atoms. The molecule has 0 fully saturated rings. The third-order valence-corrected chi connectivity index (χ3v) is 4.75. The SMILES string of the molecule is Cc1ccc2[nH]cc(/C=C/C3=Nc4ccccc4C3(C)C)c2c1. The summed E-state index contributed by atoms with van der Waals surface area (Å²) in [4.78, 5) is 8.16. The summed E-state index contributed by atoms with van der Waals surface area (Å²) in [6.07, 6.45) is 6.39. The molecule has 114 valence electrons. The molecule has 2 aromatic carbocycles. The molecule has 0 saturated carbocycles. The van der Waals surface area contributed by atoms with E-state index in [1.54, 1.807) is 0 Å². The van der Waals surface area contributed by atoms with Crippen LogP contribution in [0.4, 0.5) is 5.69 Å². The van der Waals surface area contributed by atoms with Gasteiger partial charge in [0.05, 0.1) is 11.4 Å². The molecule has 0 atom stereocenters. The number of aliphatic imine (C=N–C) groups is 1. The van der Waals surface area contributed by atoms with Crippen molar-refractivity contribution in [1.82, 2.24) is 4.98 Å². The Labute approximate surface area is 136 Å². The highest BCUT2D eigenvalue weighted by molar-refractivity contribution is 6.11. The number of para-hydroxylation sites is 1. The van der Waals surface area contributed by atoms with Crippen molar-refractivity contribution in [3.8, 4) is 0 Å². The van der Waals surface area contributed by atoms with Crippen LogP contribution < -0.4 is 0 Å². The van der Waals surface area contributed by atoms with Crippen LogP contribution >= 0.6 is 0 Å². The lowest BCUT2D eigenvalue weighted by atomic mass is 9.81. The average Bonchev–Trinajstić information content (AvgIpc) is 3.04. The minimum absolute atomic E-state index is 0.0465. The predicted molar refractivity (Wildman–Crippen MR) is 98.6 cm³/mol. The number of nitrogens with zero attached hydrogens (tertiary/aromatic N) is 1. The van der Waals surface area contributed by atoms with Crippen LogP contribution in [-0.4, -0.2) is 10.7 Å². The lowest BCUT2D eigenvalue weighted by Gasteiger charge is -2.20. The smallest absolute Gasteiger partial charge is 0.0674 e. The van der Waals surface area contributed by atoms with Gasteiger partial charge in [-0.15, -0.1) is 0 Å². The first-order valence-corrected chi connectivity index (χ1v) is 8.00. The van der Waals surface area contributed by atoms with Crippen LogP contribution in [0.15, 0.2) is 59.7 Å². The molecule has 0 saturated heterocycles. The number of aromatic amines is 1. The second-order valence-electron chi connectivity index (χ2n) is 6.77. The Morgan fingerprint density at radius 3 is 2.70 bits per heavy atom. The normalized spacial score (nSPS) is 16.0. The Morgan fingerprint density at radius 2 is 1.87 bits per heavy atom. The average molecular weight is 300 g/mol. The van der Waals surface area contributed by atoms with Gasteiger partial charge in [0.1, 0.15) is 0 Å². The van der Waals surface area contributed by atoms with Crippen molar-refractivity contribution in [3.63, 3.8) is 0 Å². The fourth-order valence-electron chi connectivity index (χ4n) is 3.32.